The molecule has 1 aromatic heterocycles. The average Bonchev–Trinajstić information content (AvgIpc) is 2.39. The topological polar surface area (TPSA) is 43.4 Å². The van der Waals surface area contributed by atoms with Gasteiger partial charge in [-0.05, 0) is 40.2 Å². The van der Waals surface area contributed by atoms with Crippen LogP contribution >= 0.6 is 15.9 Å². The van der Waals surface area contributed by atoms with Crippen molar-refractivity contribution in [2.45, 2.75) is 0 Å². The van der Waals surface area contributed by atoms with Gasteiger partial charge in [0.15, 0.2) is 0 Å². The largest absolute Gasteiger partial charge is 0.497 e. The van der Waals surface area contributed by atoms with Crippen LogP contribution in [0.25, 0.3) is 0 Å². The maximum absolute atomic E-state index is 5.31. The van der Waals surface area contributed by atoms with Crippen LogP contribution in [0, 0.1) is 0 Å². The first-order valence-corrected chi connectivity index (χ1v) is 6.14. The van der Waals surface area contributed by atoms with Crippen LogP contribution in [-0.2, 0) is 0 Å². The number of methoxy groups -OCH3 is 2. The second kappa shape index (κ2) is 5.73. The van der Waals surface area contributed by atoms with Gasteiger partial charge in [0.1, 0.15) is 21.9 Å². The van der Waals surface area contributed by atoms with Crippen LogP contribution in [0.1, 0.15) is 0 Å². The van der Waals surface area contributed by atoms with E-state index in [1.807, 2.05) is 36.4 Å². The molecule has 2 aromatic rings. The van der Waals surface area contributed by atoms with E-state index in [1.54, 1.807) is 14.2 Å². The molecule has 5 heteroatoms. The van der Waals surface area contributed by atoms with Crippen molar-refractivity contribution >= 4 is 27.4 Å². The Kier molecular flexibility index (Phi) is 4.04. The quantitative estimate of drug-likeness (QED) is 0.876. The summed E-state index contributed by atoms with van der Waals surface area (Å²) in [5.74, 6) is 2.20. The number of pyridine rings is 1. The zero-order chi connectivity index (χ0) is 13.0. The fraction of sp³-hybridized carbons (Fsp3) is 0.154. The number of halogens is 1. The molecule has 4 nitrogen and oxygen atoms in total. The molecular formula is C13H13BrN2O2. The highest BCUT2D eigenvalue weighted by Gasteiger charge is 2.05. The minimum Gasteiger partial charge on any atom is -0.497 e. The fourth-order valence-corrected chi connectivity index (χ4v) is 1.86. The Labute approximate surface area is 114 Å². The van der Waals surface area contributed by atoms with E-state index in [1.165, 1.54) is 0 Å². The summed E-state index contributed by atoms with van der Waals surface area (Å²) in [6.45, 7) is 0. The summed E-state index contributed by atoms with van der Waals surface area (Å²) in [6.07, 6.45) is 0. The highest BCUT2D eigenvalue weighted by atomic mass is 79.9. The molecule has 18 heavy (non-hydrogen) atoms. The van der Waals surface area contributed by atoms with Gasteiger partial charge in [0.2, 0.25) is 0 Å². The Balaban J connectivity index is 2.28. The molecule has 0 atom stereocenters. The van der Waals surface area contributed by atoms with Gasteiger partial charge in [-0.15, -0.1) is 0 Å². The van der Waals surface area contributed by atoms with Crippen LogP contribution in [-0.4, -0.2) is 19.2 Å². The summed E-state index contributed by atoms with van der Waals surface area (Å²) < 4.78 is 11.2. The standard InChI is InChI=1S/C13H13BrN2O2/c1-17-9-6-7-10(11(8-9)18-2)15-13-5-3-4-12(14)16-13/h3-8H,1-2H3,(H,15,16). The summed E-state index contributed by atoms with van der Waals surface area (Å²) in [6, 6.07) is 11.2. The number of rotatable bonds is 4. The summed E-state index contributed by atoms with van der Waals surface area (Å²) in [5.41, 5.74) is 0.837. The van der Waals surface area contributed by atoms with Crippen molar-refractivity contribution in [3.63, 3.8) is 0 Å². The minimum absolute atomic E-state index is 0.705. The SMILES string of the molecule is COc1ccc(Nc2cccc(Br)n2)c(OC)c1. The summed E-state index contributed by atoms with van der Waals surface area (Å²) in [5, 5.41) is 3.19. The zero-order valence-electron chi connectivity index (χ0n) is 10.1. The van der Waals surface area contributed by atoms with E-state index in [9.17, 15) is 0 Å². The Morgan fingerprint density at radius 1 is 1.11 bits per heavy atom. The van der Waals surface area contributed by atoms with Crippen LogP contribution < -0.4 is 14.8 Å². The van der Waals surface area contributed by atoms with Crippen molar-refractivity contribution in [2.75, 3.05) is 19.5 Å². The molecule has 0 saturated heterocycles. The van der Waals surface area contributed by atoms with E-state index < -0.39 is 0 Å². The molecule has 0 aliphatic carbocycles. The number of anilines is 2. The molecule has 0 saturated carbocycles. The molecule has 0 unspecified atom stereocenters. The molecule has 2 rings (SSSR count). The molecule has 1 heterocycles. The monoisotopic (exact) mass is 308 g/mol. The van der Waals surface area contributed by atoms with Crippen molar-refractivity contribution in [1.29, 1.82) is 0 Å². The van der Waals surface area contributed by atoms with Crippen LogP contribution in [0.15, 0.2) is 41.0 Å². The first-order valence-electron chi connectivity index (χ1n) is 5.34. The number of nitrogens with zero attached hydrogens (tertiary/aromatic N) is 1. The zero-order valence-corrected chi connectivity index (χ0v) is 11.7. The van der Waals surface area contributed by atoms with E-state index in [4.69, 9.17) is 9.47 Å². The number of hydrogen-bond donors (Lipinski definition) is 1. The number of nitrogens with one attached hydrogen (secondary N) is 1. The third kappa shape index (κ3) is 2.92. The van der Waals surface area contributed by atoms with Crippen LogP contribution in [0.5, 0.6) is 11.5 Å². The van der Waals surface area contributed by atoms with Gasteiger partial charge in [-0.25, -0.2) is 4.98 Å². The molecule has 1 aromatic carbocycles. The lowest BCUT2D eigenvalue weighted by Gasteiger charge is -2.12. The maximum atomic E-state index is 5.31. The van der Waals surface area contributed by atoms with Gasteiger partial charge >= 0.3 is 0 Å². The van der Waals surface area contributed by atoms with Crippen molar-refractivity contribution in [3.05, 3.63) is 41.0 Å². The Morgan fingerprint density at radius 2 is 1.94 bits per heavy atom. The first-order chi connectivity index (χ1) is 8.72. The van der Waals surface area contributed by atoms with Gasteiger partial charge in [0, 0.05) is 6.07 Å². The van der Waals surface area contributed by atoms with Gasteiger partial charge in [-0.3, -0.25) is 0 Å². The first kappa shape index (κ1) is 12.7. The van der Waals surface area contributed by atoms with Crippen LogP contribution in [0.2, 0.25) is 0 Å². The Bertz CT molecular complexity index is 546. The van der Waals surface area contributed by atoms with E-state index in [2.05, 4.69) is 26.2 Å². The highest BCUT2D eigenvalue weighted by molar-refractivity contribution is 9.10. The van der Waals surface area contributed by atoms with Gasteiger partial charge in [0.25, 0.3) is 0 Å². The Hall–Kier alpha value is -1.75. The van der Waals surface area contributed by atoms with Gasteiger partial charge in [-0.1, -0.05) is 6.07 Å². The van der Waals surface area contributed by atoms with Crippen molar-refractivity contribution in [1.82, 2.24) is 4.98 Å². The molecule has 0 amide bonds. The molecule has 0 radical (unpaired) electrons. The molecule has 0 aliphatic heterocycles. The predicted octanol–water partition coefficient (Wildman–Crippen LogP) is 3.60. The minimum atomic E-state index is 0.705. The molecule has 0 fully saturated rings. The van der Waals surface area contributed by atoms with E-state index in [-0.39, 0.29) is 0 Å². The molecule has 0 spiro atoms. The van der Waals surface area contributed by atoms with Gasteiger partial charge in [-0.2, -0.15) is 0 Å². The van der Waals surface area contributed by atoms with Crippen LogP contribution in [0.3, 0.4) is 0 Å². The maximum Gasteiger partial charge on any atom is 0.146 e. The van der Waals surface area contributed by atoms with Crippen molar-refractivity contribution < 1.29 is 9.47 Å². The molecule has 0 aliphatic rings. The number of ether oxygens (including phenoxy) is 2. The lowest BCUT2D eigenvalue weighted by Crippen LogP contribution is -1.97. The van der Waals surface area contributed by atoms with E-state index >= 15 is 0 Å². The highest BCUT2D eigenvalue weighted by Crippen LogP contribution is 2.31. The smallest absolute Gasteiger partial charge is 0.146 e. The summed E-state index contributed by atoms with van der Waals surface area (Å²) in [4.78, 5) is 4.31. The summed E-state index contributed by atoms with van der Waals surface area (Å²) in [7, 11) is 3.24. The van der Waals surface area contributed by atoms with Crippen molar-refractivity contribution in [2.24, 2.45) is 0 Å². The third-order valence-corrected chi connectivity index (χ3v) is 2.83. The van der Waals surface area contributed by atoms with E-state index in [0.29, 0.717) is 5.75 Å². The fourth-order valence-electron chi connectivity index (χ4n) is 1.52. The van der Waals surface area contributed by atoms with Crippen molar-refractivity contribution in [3.8, 4) is 11.5 Å². The Morgan fingerprint density at radius 3 is 2.61 bits per heavy atom. The van der Waals surface area contributed by atoms with E-state index in [0.717, 1.165) is 21.9 Å². The summed E-state index contributed by atoms with van der Waals surface area (Å²) >= 11 is 3.33. The normalized spacial score (nSPS) is 9.94. The number of benzene rings is 1. The number of aromatic nitrogens is 1. The third-order valence-electron chi connectivity index (χ3n) is 2.39. The molecule has 94 valence electrons. The van der Waals surface area contributed by atoms with Gasteiger partial charge in [0.05, 0.1) is 19.9 Å². The molecular weight excluding hydrogens is 296 g/mol. The molecule has 0 bridgehead atoms. The lowest BCUT2D eigenvalue weighted by molar-refractivity contribution is 0.395. The van der Waals surface area contributed by atoms with Crippen LogP contribution in [0.4, 0.5) is 11.5 Å². The predicted molar refractivity (Wildman–Crippen MR) is 74.8 cm³/mol. The van der Waals surface area contributed by atoms with Gasteiger partial charge < -0.3 is 14.8 Å². The lowest BCUT2D eigenvalue weighted by atomic mass is 10.2. The second-order valence-electron chi connectivity index (χ2n) is 3.54. The average molecular weight is 309 g/mol. The second-order valence-corrected chi connectivity index (χ2v) is 4.35. The number of hydrogen-bond acceptors (Lipinski definition) is 4. The molecule has 1 N–H and O–H groups in total.